The second-order valence-corrected chi connectivity index (χ2v) is 8.03. The van der Waals surface area contributed by atoms with Gasteiger partial charge in [0.25, 0.3) is 0 Å². The van der Waals surface area contributed by atoms with E-state index in [9.17, 15) is 0 Å². The van der Waals surface area contributed by atoms with E-state index in [-0.39, 0.29) is 0 Å². The normalized spacial score (nSPS) is 22.1. The van der Waals surface area contributed by atoms with Crippen molar-refractivity contribution in [1.82, 2.24) is 9.47 Å². The SMILES string of the molecule is Cc1ccc(/C=C\n2c3c(c4cc(C)ccc42)CN2CCC3CC2)cc1. The maximum absolute atomic E-state index is 2.64. The highest BCUT2D eigenvalue weighted by Crippen LogP contribution is 2.41. The largest absolute Gasteiger partial charge is 0.320 e. The standard InChI is InChI=1S/C24H26N2/c1-17-3-6-19(7-4-17)9-14-26-23-8-5-18(2)15-21(23)22-16-25-12-10-20(11-13-25)24(22)26/h3-9,14-15,20H,10-13,16H2,1-2H3/b14-9-. The molecule has 0 amide bonds. The van der Waals surface area contributed by atoms with E-state index in [0.29, 0.717) is 5.92 Å². The lowest BCUT2D eigenvalue weighted by molar-refractivity contribution is 0.220. The molecule has 2 heteroatoms. The number of fused-ring (bicyclic) bond motifs is 3. The lowest BCUT2D eigenvalue weighted by Gasteiger charge is -2.27. The van der Waals surface area contributed by atoms with Crippen LogP contribution in [-0.2, 0) is 6.54 Å². The van der Waals surface area contributed by atoms with E-state index in [1.54, 1.807) is 11.3 Å². The monoisotopic (exact) mass is 342 g/mol. The zero-order valence-electron chi connectivity index (χ0n) is 15.7. The van der Waals surface area contributed by atoms with Crippen molar-refractivity contribution in [2.75, 3.05) is 13.1 Å². The molecule has 0 N–H and O–H groups in total. The van der Waals surface area contributed by atoms with Gasteiger partial charge in [-0.05, 0) is 69.1 Å². The number of aryl methyl sites for hydroxylation is 2. The Morgan fingerprint density at radius 2 is 1.65 bits per heavy atom. The van der Waals surface area contributed by atoms with Crippen molar-refractivity contribution in [2.24, 2.45) is 0 Å². The topological polar surface area (TPSA) is 8.17 Å². The molecule has 0 spiro atoms. The van der Waals surface area contributed by atoms with E-state index in [4.69, 9.17) is 0 Å². The summed E-state index contributed by atoms with van der Waals surface area (Å²) >= 11 is 0. The maximum atomic E-state index is 2.64. The summed E-state index contributed by atoms with van der Waals surface area (Å²) in [4.78, 5) is 2.64. The first-order chi connectivity index (χ1) is 12.7. The molecule has 3 aliphatic heterocycles. The van der Waals surface area contributed by atoms with Gasteiger partial charge in [0.05, 0.1) is 5.52 Å². The highest BCUT2D eigenvalue weighted by atomic mass is 15.1. The van der Waals surface area contributed by atoms with E-state index in [0.717, 1.165) is 6.54 Å². The van der Waals surface area contributed by atoms with E-state index in [2.05, 4.69) is 78.1 Å². The predicted octanol–water partition coefficient (Wildman–Crippen LogP) is 5.58. The molecule has 6 rings (SSSR count). The molecule has 0 saturated carbocycles. The molecule has 2 nitrogen and oxygen atoms in total. The lowest BCUT2D eigenvalue weighted by Crippen LogP contribution is -2.29. The Bertz CT molecular complexity index is 983. The number of benzene rings is 2. The third-order valence-electron chi connectivity index (χ3n) is 6.15. The smallest absolute Gasteiger partial charge is 0.0529 e. The van der Waals surface area contributed by atoms with Crippen LogP contribution in [0.5, 0.6) is 0 Å². The number of aromatic nitrogens is 1. The molecule has 132 valence electrons. The summed E-state index contributed by atoms with van der Waals surface area (Å²) in [7, 11) is 0. The Morgan fingerprint density at radius 3 is 2.42 bits per heavy atom. The minimum absolute atomic E-state index is 0.694. The zero-order valence-corrected chi connectivity index (χ0v) is 15.7. The van der Waals surface area contributed by atoms with Crippen LogP contribution in [-0.4, -0.2) is 22.6 Å². The third-order valence-corrected chi connectivity index (χ3v) is 6.15. The molecular formula is C24H26N2. The predicted molar refractivity (Wildman–Crippen MR) is 110 cm³/mol. The number of rotatable bonds is 2. The van der Waals surface area contributed by atoms with Crippen molar-refractivity contribution in [2.45, 2.75) is 39.2 Å². The number of hydrogen-bond donors (Lipinski definition) is 0. The van der Waals surface area contributed by atoms with Crippen LogP contribution in [0.15, 0.2) is 42.5 Å². The van der Waals surface area contributed by atoms with Crippen LogP contribution in [0.1, 0.15) is 46.7 Å². The van der Waals surface area contributed by atoms with Crippen molar-refractivity contribution in [3.05, 3.63) is 70.4 Å². The molecular weight excluding hydrogens is 316 g/mol. The van der Waals surface area contributed by atoms with Gasteiger partial charge in [-0.1, -0.05) is 41.5 Å². The molecule has 4 heterocycles. The van der Waals surface area contributed by atoms with Crippen molar-refractivity contribution in [3.63, 3.8) is 0 Å². The Hall–Kier alpha value is -2.32. The molecule has 1 fully saturated rings. The van der Waals surface area contributed by atoms with Gasteiger partial charge in [-0.2, -0.15) is 0 Å². The van der Waals surface area contributed by atoms with Gasteiger partial charge in [-0.25, -0.2) is 0 Å². The van der Waals surface area contributed by atoms with E-state index < -0.39 is 0 Å². The lowest BCUT2D eigenvalue weighted by atomic mass is 9.94. The summed E-state index contributed by atoms with van der Waals surface area (Å²) in [6.45, 7) is 7.94. The van der Waals surface area contributed by atoms with Crippen molar-refractivity contribution in [3.8, 4) is 0 Å². The van der Waals surface area contributed by atoms with Gasteiger partial charge >= 0.3 is 0 Å². The molecule has 0 atom stereocenters. The molecule has 2 bridgehead atoms. The van der Waals surface area contributed by atoms with Crippen LogP contribution in [0.4, 0.5) is 0 Å². The van der Waals surface area contributed by atoms with E-state index >= 15 is 0 Å². The van der Waals surface area contributed by atoms with Gasteiger partial charge in [0.15, 0.2) is 0 Å². The molecule has 3 aliphatic rings. The maximum Gasteiger partial charge on any atom is 0.0529 e. The van der Waals surface area contributed by atoms with Crippen molar-refractivity contribution in [1.29, 1.82) is 0 Å². The second kappa shape index (κ2) is 6.14. The van der Waals surface area contributed by atoms with Gasteiger partial charge in [-0.3, -0.25) is 4.90 Å². The first kappa shape index (κ1) is 15.9. The third kappa shape index (κ3) is 2.60. The number of hydrogen-bond acceptors (Lipinski definition) is 1. The summed E-state index contributed by atoms with van der Waals surface area (Å²) in [5.74, 6) is 0.694. The van der Waals surface area contributed by atoms with Crippen LogP contribution in [0.25, 0.3) is 23.2 Å². The highest BCUT2D eigenvalue weighted by Gasteiger charge is 2.32. The molecule has 3 aromatic rings. The minimum Gasteiger partial charge on any atom is -0.320 e. The van der Waals surface area contributed by atoms with Gasteiger partial charge in [0.2, 0.25) is 0 Å². The van der Waals surface area contributed by atoms with Crippen LogP contribution in [0.3, 0.4) is 0 Å². The Morgan fingerprint density at radius 1 is 0.923 bits per heavy atom. The molecule has 1 aromatic heterocycles. The molecule has 0 unspecified atom stereocenters. The molecule has 26 heavy (non-hydrogen) atoms. The highest BCUT2D eigenvalue weighted by molar-refractivity contribution is 5.89. The summed E-state index contributed by atoms with van der Waals surface area (Å²) < 4.78 is 2.49. The average Bonchev–Trinajstić information content (AvgIpc) is 2.78. The van der Waals surface area contributed by atoms with Gasteiger partial charge in [0.1, 0.15) is 0 Å². The average molecular weight is 342 g/mol. The molecule has 0 radical (unpaired) electrons. The Labute approximate surface area is 155 Å². The summed E-state index contributed by atoms with van der Waals surface area (Å²) in [5, 5.41) is 1.45. The quantitative estimate of drug-likeness (QED) is 0.590. The summed E-state index contributed by atoms with van der Waals surface area (Å²) in [6, 6.07) is 15.7. The van der Waals surface area contributed by atoms with Gasteiger partial charge in [-0.15, -0.1) is 0 Å². The fourth-order valence-electron chi connectivity index (χ4n) is 4.71. The summed E-state index contributed by atoms with van der Waals surface area (Å²) in [5.41, 5.74) is 8.42. The Balaban J connectivity index is 1.69. The molecule has 1 saturated heterocycles. The first-order valence-corrected chi connectivity index (χ1v) is 9.79. The Kier molecular flexibility index (Phi) is 3.75. The number of piperidine rings is 1. The van der Waals surface area contributed by atoms with Crippen LogP contribution in [0, 0.1) is 13.8 Å². The molecule has 0 aliphatic carbocycles. The van der Waals surface area contributed by atoms with Crippen LogP contribution in [0.2, 0.25) is 0 Å². The fraction of sp³-hybridized carbons (Fsp3) is 0.333. The second-order valence-electron chi connectivity index (χ2n) is 8.03. The van der Waals surface area contributed by atoms with E-state index in [1.165, 1.54) is 53.5 Å². The zero-order chi connectivity index (χ0) is 17.7. The van der Waals surface area contributed by atoms with Crippen molar-refractivity contribution >= 4 is 23.2 Å². The van der Waals surface area contributed by atoms with Gasteiger partial charge in [0, 0.05) is 29.7 Å². The van der Waals surface area contributed by atoms with E-state index in [1.807, 2.05) is 0 Å². The van der Waals surface area contributed by atoms with Crippen LogP contribution < -0.4 is 0 Å². The minimum atomic E-state index is 0.694. The van der Waals surface area contributed by atoms with Gasteiger partial charge < -0.3 is 4.57 Å². The molecule has 2 aromatic carbocycles. The van der Waals surface area contributed by atoms with Crippen LogP contribution >= 0.6 is 0 Å². The number of nitrogens with zero attached hydrogens (tertiary/aromatic N) is 2. The summed E-state index contributed by atoms with van der Waals surface area (Å²) in [6.07, 6.45) is 7.15. The van der Waals surface area contributed by atoms with Crippen molar-refractivity contribution < 1.29 is 0 Å². The fourth-order valence-corrected chi connectivity index (χ4v) is 4.71. The first-order valence-electron chi connectivity index (χ1n) is 9.79.